The van der Waals surface area contributed by atoms with Gasteiger partial charge in [-0.3, -0.25) is 0 Å². The lowest BCUT2D eigenvalue weighted by Gasteiger charge is -2.15. The first-order chi connectivity index (χ1) is 11.2. The van der Waals surface area contributed by atoms with E-state index >= 15 is 0 Å². The zero-order valence-electron chi connectivity index (χ0n) is 15.2. The second-order valence-electron chi connectivity index (χ2n) is 6.12. The third kappa shape index (κ3) is 8.44. The summed E-state index contributed by atoms with van der Waals surface area (Å²) >= 11 is 0. The number of ether oxygens (including phenoxy) is 1. The molecular formula is C22H32O. The van der Waals surface area contributed by atoms with Crippen LogP contribution in [0.1, 0.15) is 50.7 Å². The van der Waals surface area contributed by atoms with Gasteiger partial charge in [0.1, 0.15) is 5.75 Å². The lowest BCUT2D eigenvalue weighted by atomic mass is 10.0. The van der Waals surface area contributed by atoms with E-state index in [1.807, 2.05) is 30.3 Å². The molecule has 23 heavy (non-hydrogen) atoms. The molecule has 126 valence electrons. The lowest BCUT2D eigenvalue weighted by Crippen LogP contribution is -2.11. The van der Waals surface area contributed by atoms with Crippen molar-refractivity contribution in [1.82, 2.24) is 0 Å². The standard InChI is InChI=1S/C14H22O.C8H10/c1-3-5-9-13(4-2)12-15-14-10-7-6-8-11-14;1-7-5-3-4-6-8(7)2/h6-8,10-11,13H,3-5,9,12H2,1-2H3;3-6H,1-2H3. The molecule has 0 amide bonds. The van der Waals surface area contributed by atoms with Crippen molar-refractivity contribution < 1.29 is 4.74 Å². The van der Waals surface area contributed by atoms with Crippen molar-refractivity contribution in [2.45, 2.75) is 53.4 Å². The van der Waals surface area contributed by atoms with E-state index in [0.29, 0.717) is 5.92 Å². The highest BCUT2D eigenvalue weighted by Gasteiger charge is 2.06. The monoisotopic (exact) mass is 312 g/mol. The van der Waals surface area contributed by atoms with Gasteiger partial charge in [-0.1, -0.05) is 75.6 Å². The van der Waals surface area contributed by atoms with Crippen LogP contribution in [0.5, 0.6) is 5.75 Å². The molecule has 0 fully saturated rings. The number of hydrogen-bond acceptors (Lipinski definition) is 1. The van der Waals surface area contributed by atoms with Gasteiger partial charge in [0.15, 0.2) is 0 Å². The van der Waals surface area contributed by atoms with E-state index in [4.69, 9.17) is 4.74 Å². The maximum Gasteiger partial charge on any atom is 0.119 e. The van der Waals surface area contributed by atoms with Crippen LogP contribution < -0.4 is 4.74 Å². The number of aryl methyl sites for hydroxylation is 2. The van der Waals surface area contributed by atoms with Gasteiger partial charge in [0.2, 0.25) is 0 Å². The molecule has 0 heterocycles. The molecule has 0 aromatic heterocycles. The lowest BCUT2D eigenvalue weighted by molar-refractivity contribution is 0.233. The van der Waals surface area contributed by atoms with E-state index in [0.717, 1.165) is 12.4 Å². The molecule has 0 aliphatic rings. The summed E-state index contributed by atoms with van der Waals surface area (Å²) < 4.78 is 5.76. The van der Waals surface area contributed by atoms with E-state index in [1.54, 1.807) is 0 Å². The summed E-state index contributed by atoms with van der Waals surface area (Å²) in [5.41, 5.74) is 2.74. The normalized spacial score (nSPS) is 11.3. The fourth-order valence-electron chi connectivity index (χ4n) is 2.29. The molecule has 1 atom stereocenters. The Bertz CT molecular complexity index is 498. The largest absolute Gasteiger partial charge is 0.493 e. The van der Waals surface area contributed by atoms with E-state index in [9.17, 15) is 0 Å². The zero-order valence-corrected chi connectivity index (χ0v) is 15.2. The summed E-state index contributed by atoms with van der Waals surface area (Å²) in [6, 6.07) is 18.4. The molecule has 1 unspecified atom stereocenters. The van der Waals surface area contributed by atoms with Crippen LogP contribution in [0.15, 0.2) is 54.6 Å². The Morgan fingerprint density at radius 2 is 1.39 bits per heavy atom. The Morgan fingerprint density at radius 1 is 0.826 bits per heavy atom. The van der Waals surface area contributed by atoms with Crippen LogP contribution in [-0.2, 0) is 0 Å². The first kappa shape index (κ1) is 19.3. The quantitative estimate of drug-likeness (QED) is 0.560. The van der Waals surface area contributed by atoms with Crippen molar-refractivity contribution >= 4 is 0 Å². The van der Waals surface area contributed by atoms with Crippen LogP contribution in [-0.4, -0.2) is 6.61 Å². The highest BCUT2D eigenvalue weighted by atomic mass is 16.5. The van der Waals surface area contributed by atoms with Crippen molar-refractivity contribution in [1.29, 1.82) is 0 Å². The molecule has 1 heteroatoms. The fraction of sp³-hybridized carbons (Fsp3) is 0.455. The summed E-state index contributed by atoms with van der Waals surface area (Å²) in [5.74, 6) is 1.71. The number of rotatable bonds is 7. The second kappa shape index (κ2) is 11.8. The summed E-state index contributed by atoms with van der Waals surface area (Å²) in [6.07, 6.45) is 5.10. The first-order valence-corrected chi connectivity index (χ1v) is 8.87. The maximum atomic E-state index is 5.76. The van der Waals surface area contributed by atoms with E-state index in [1.165, 1.54) is 36.8 Å². The number of para-hydroxylation sites is 1. The summed E-state index contributed by atoms with van der Waals surface area (Å²) in [6.45, 7) is 9.59. The predicted octanol–water partition coefficient (Wildman–Crippen LogP) is 6.59. The van der Waals surface area contributed by atoms with Crippen molar-refractivity contribution in [3.63, 3.8) is 0 Å². The molecule has 0 aliphatic heterocycles. The second-order valence-corrected chi connectivity index (χ2v) is 6.12. The number of benzene rings is 2. The van der Waals surface area contributed by atoms with Gasteiger partial charge in [0.25, 0.3) is 0 Å². The molecule has 0 saturated carbocycles. The minimum atomic E-state index is 0.713. The van der Waals surface area contributed by atoms with Crippen LogP contribution >= 0.6 is 0 Å². The summed E-state index contributed by atoms with van der Waals surface area (Å²) in [5, 5.41) is 0. The molecule has 2 rings (SSSR count). The third-order valence-electron chi connectivity index (χ3n) is 4.20. The van der Waals surface area contributed by atoms with Gasteiger partial charge in [0, 0.05) is 0 Å². The van der Waals surface area contributed by atoms with E-state index < -0.39 is 0 Å². The van der Waals surface area contributed by atoms with E-state index in [2.05, 4.69) is 52.0 Å². The van der Waals surface area contributed by atoms with Gasteiger partial charge < -0.3 is 4.74 Å². The highest BCUT2D eigenvalue weighted by molar-refractivity contribution is 5.23. The Kier molecular flexibility index (Phi) is 9.86. The molecule has 2 aromatic rings. The molecule has 0 bridgehead atoms. The molecule has 0 aliphatic carbocycles. The molecule has 0 N–H and O–H groups in total. The van der Waals surface area contributed by atoms with Crippen molar-refractivity contribution in [2.75, 3.05) is 6.61 Å². The summed E-state index contributed by atoms with van der Waals surface area (Å²) in [4.78, 5) is 0. The Labute approximate surface area is 142 Å². The van der Waals surface area contributed by atoms with Gasteiger partial charge in [-0.05, 0) is 49.4 Å². The molecule has 2 aromatic carbocycles. The molecule has 0 saturated heterocycles. The van der Waals surface area contributed by atoms with Crippen LogP contribution in [0.25, 0.3) is 0 Å². The smallest absolute Gasteiger partial charge is 0.119 e. The average molecular weight is 312 g/mol. The van der Waals surface area contributed by atoms with Gasteiger partial charge in [-0.2, -0.15) is 0 Å². The van der Waals surface area contributed by atoms with Gasteiger partial charge >= 0.3 is 0 Å². The topological polar surface area (TPSA) is 9.23 Å². The Morgan fingerprint density at radius 3 is 1.87 bits per heavy atom. The van der Waals surface area contributed by atoms with Gasteiger partial charge in [-0.25, -0.2) is 0 Å². The minimum absolute atomic E-state index is 0.713. The van der Waals surface area contributed by atoms with Crippen LogP contribution in [0.2, 0.25) is 0 Å². The van der Waals surface area contributed by atoms with Crippen LogP contribution in [0.3, 0.4) is 0 Å². The average Bonchev–Trinajstić information content (AvgIpc) is 2.59. The van der Waals surface area contributed by atoms with E-state index in [-0.39, 0.29) is 0 Å². The highest BCUT2D eigenvalue weighted by Crippen LogP contribution is 2.16. The molecular weight excluding hydrogens is 280 g/mol. The van der Waals surface area contributed by atoms with Gasteiger partial charge in [0.05, 0.1) is 6.61 Å². The van der Waals surface area contributed by atoms with Gasteiger partial charge in [-0.15, -0.1) is 0 Å². The maximum absolute atomic E-state index is 5.76. The SMILES string of the molecule is CCCCC(CC)COc1ccccc1.Cc1ccccc1C. The Hall–Kier alpha value is -1.76. The molecule has 0 spiro atoms. The van der Waals surface area contributed by atoms with Crippen molar-refractivity contribution in [3.05, 3.63) is 65.7 Å². The summed E-state index contributed by atoms with van der Waals surface area (Å²) in [7, 11) is 0. The van der Waals surface area contributed by atoms with Crippen molar-refractivity contribution in [3.8, 4) is 5.75 Å². The van der Waals surface area contributed by atoms with Crippen molar-refractivity contribution in [2.24, 2.45) is 5.92 Å². The molecule has 0 radical (unpaired) electrons. The zero-order chi connectivity index (χ0) is 16.9. The predicted molar refractivity (Wildman–Crippen MR) is 101 cm³/mol. The van der Waals surface area contributed by atoms with Crippen LogP contribution in [0.4, 0.5) is 0 Å². The minimum Gasteiger partial charge on any atom is -0.493 e. The van der Waals surface area contributed by atoms with Crippen LogP contribution in [0, 0.1) is 19.8 Å². The number of unbranched alkanes of at least 4 members (excludes halogenated alkanes) is 1. The fourth-order valence-corrected chi connectivity index (χ4v) is 2.29. The first-order valence-electron chi connectivity index (χ1n) is 8.87. The molecule has 1 nitrogen and oxygen atoms in total. The Balaban J connectivity index is 0.000000277. The third-order valence-corrected chi connectivity index (χ3v) is 4.20. The number of hydrogen-bond donors (Lipinski definition) is 0.